The van der Waals surface area contributed by atoms with Gasteiger partial charge in [0.15, 0.2) is 0 Å². The Morgan fingerprint density at radius 2 is 2.00 bits per heavy atom. The fourth-order valence-electron chi connectivity index (χ4n) is 2.01. The predicted octanol–water partition coefficient (Wildman–Crippen LogP) is 4.56. The fourth-order valence-corrected chi connectivity index (χ4v) is 2.38. The van der Waals surface area contributed by atoms with Crippen molar-refractivity contribution in [2.24, 2.45) is 5.92 Å². The monoisotopic (exact) mass is 304 g/mol. The Labute approximate surface area is 131 Å². The van der Waals surface area contributed by atoms with Gasteiger partial charge in [-0.05, 0) is 43.0 Å². The molecule has 1 aromatic carbocycles. The van der Waals surface area contributed by atoms with Gasteiger partial charge in [0.05, 0.1) is 10.7 Å². The molecule has 112 valence electrons. The summed E-state index contributed by atoms with van der Waals surface area (Å²) in [6, 6.07) is 5.87. The number of aromatic nitrogens is 2. The topological polar surface area (TPSA) is 49.8 Å². The van der Waals surface area contributed by atoms with Crippen molar-refractivity contribution in [2.45, 2.75) is 27.7 Å². The lowest BCUT2D eigenvalue weighted by molar-refractivity contribution is 0.687. The Morgan fingerprint density at radius 1 is 1.24 bits per heavy atom. The molecule has 0 atom stereocenters. The summed E-state index contributed by atoms with van der Waals surface area (Å²) in [7, 11) is 0. The zero-order chi connectivity index (χ0) is 15.4. The molecule has 21 heavy (non-hydrogen) atoms. The van der Waals surface area contributed by atoms with Crippen LogP contribution in [0.15, 0.2) is 24.4 Å². The molecule has 0 unspecified atom stereocenters. The van der Waals surface area contributed by atoms with Crippen molar-refractivity contribution in [3.63, 3.8) is 0 Å². The largest absolute Gasteiger partial charge is 0.370 e. The number of aryl methyl sites for hydroxylation is 2. The minimum Gasteiger partial charge on any atom is -0.370 e. The van der Waals surface area contributed by atoms with Crippen molar-refractivity contribution in [1.82, 2.24) is 9.97 Å². The number of benzene rings is 1. The molecule has 0 saturated heterocycles. The van der Waals surface area contributed by atoms with Gasteiger partial charge in [-0.25, -0.2) is 4.98 Å². The Hall–Kier alpha value is -1.81. The summed E-state index contributed by atoms with van der Waals surface area (Å²) >= 11 is 6.29. The third-order valence-electron chi connectivity index (χ3n) is 3.02. The zero-order valence-corrected chi connectivity index (χ0v) is 13.6. The minimum absolute atomic E-state index is 0.539. The molecule has 1 aromatic heterocycles. The molecule has 0 amide bonds. The number of nitrogens with one attached hydrogen (secondary N) is 2. The van der Waals surface area contributed by atoms with Crippen LogP contribution in [0.1, 0.15) is 25.0 Å². The van der Waals surface area contributed by atoms with E-state index in [-0.39, 0.29) is 0 Å². The quantitative estimate of drug-likeness (QED) is 0.850. The van der Waals surface area contributed by atoms with Crippen LogP contribution >= 0.6 is 11.6 Å². The lowest BCUT2D eigenvalue weighted by Crippen LogP contribution is -2.10. The SMILES string of the molecule is Cc1cc(C)c(Nc2nccc(NCC(C)C)n2)c(Cl)c1. The Balaban J connectivity index is 2.18. The van der Waals surface area contributed by atoms with E-state index in [0.717, 1.165) is 29.2 Å². The van der Waals surface area contributed by atoms with E-state index >= 15 is 0 Å². The maximum atomic E-state index is 6.29. The standard InChI is InChI=1S/C16H21ClN4/c1-10(2)9-19-14-5-6-18-16(20-14)21-15-12(4)7-11(3)8-13(15)17/h5-8,10H,9H2,1-4H3,(H2,18,19,20,21). The van der Waals surface area contributed by atoms with Crippen LogP contribution in [0.3, 0.4) is 0 Å². The highest BCUT2D eigenvalue weighted by molar-refractivity contribution is 6.33. The molecule has 5 heteroatoms. The summed E-state index contributed by atoms with van der Waals surface area (Å²) in [5.41, 5.74) is 3.06. The van der Waals surface area contributed by atoms with Crippen LogP contribution in [0.2, 0.25) is 5.02 Å². The second-order valence-corrected chi connectivity index (χ2v) is 6.01. The maximum absolute atomic E-state index is 6.29. The Bertz CT molecular complexity index is 602. The zero-order valence-electron chi connectivity index (χ0n) is 12.9. The van der Waals surface area contributed by atoms with Crippen molar-refractivity contribution >= 4 is 29.1 Å². The number of hydrogen-bond donors (Lipinski definition) is 2. The molecule has 0 aliphatic rings. The third kappa shape index (κ3) is 4.33. The first-order valence-electron chi connectivity index (χ1n) is 7.06. The van der Waals surface area contributed by atoms with Gasteiger partial charge < -0.3 is 10.6 Å². The molecule has 4 nitrogen and oxygen atoms in total. The van der Waals surface area contributed by atoms with Gasteiger partial charge in [-0.2, -0.15) is 4.98 Å². The molecule has 0 radical (unpaired) electrons. The first kappa shape index (κ1) is 15.6. The Kier molecular flexibility index (Phi) is 5.02. The van der Waals surface area contributed by atoms with Gasteiger partial charge in [-0.1, -0.05) is 31.5 Å². The van der Waals surface area contributed by atoms with E-state index in [4.69, 9.17) is 11.6 Å². The van der Waals surface area contributed by atoms with E-state index in [1.54, 1.807) is 6.20 Å². The summed E-state index contributed by atoms with van der Waals surface area (Å²) in [5, 5.41) is 7.16. The van der Waals surface area contributed by atoms with Gasteiger partial charge in [-0.15, -0.1) is 0 Å². The van der Waals surface area contributed by atoms with Crippen molar-refractivity contribution in [3.8, 4) is 0 Å². The number of halogens is 1. The number of rotatable bonds is 5. The molecule has 0 fully saturated rings. The third-order valence-corrected chi connectivity index (χ3v) is 3.31. The number of anilines is 3. The molecule has 0 aliphatic heterocycles. The second-order valence-electron chi connectivity index (χ2n) is 5.60. The van der Waals surface area contributed by atoms with Crippen molar-refractivity contribution in [2.75, 3.05) is 17.2 Å². The average Bonchev–Trinajstić information content (AvgIpc) is 2.41. The molecule has 0 saturated carbocycles. The van der Waals surface area contributed by atoms with E-state index in [2.05, 4.69) is 40.5 Å². The van der Waals surface area contributed by atoms with Gasteiger partial charge in [0.2, 0.25) is 5.95 Å². The van der Waals surface area contributed by atoms with Crippen LogP contribution in [0.25, 0.3) is 0 Å². The van der Waals surface area contributed by atoms with Crippen molar-refractivity contribution < 1.29 is 0 Å². The normalized spacial score (nSPS) is 10.8. The highest BCUT2D eigenvalue weighted by Crippen LogP contribution is 2.29. The average molecular weight is 305 g/mol. The summed E-state index contributed by atoms with van der Waals surface area (Å²) in [6.45, 7) is 9.23. The predicted molar refractivity (Wildman–Crippen MR) is 89.6 cm³/mol. The van der Waals surface area contributed by atoms with E-state index in [0.29, 0.717) is 16.9 Å². The van der Waals surface area contributed by atoms with Crippen LogP contribution in [-0.4, -0.2) is 16.5 Å². The van der Waals surface area contributed by atoms with Crippen LogP contribution in [0, 0.1) is 19.8 Å². The van der Waals surface area contributed by atoms with Crippen LogP contribution in [0.5, 0.6) is 0 Å². The van der Waals surface area contributed by atoms with Crippen LogP contribution in [0.4, 0.5) is 17.5 Å². The highest BCUT2D eigenvalue weighted by Gasteiger charge is 2.08. The second kappa shape index (κ2) is 6.76. The molecule has 0 spiro atoms. The summed E-state index contributed by atoms with van der Waals surface area (Å²) in [4.78, 5) is 8.70. The van der Waals surface area contributed by atoms with Gasteiger partial charge in [0, 0.05) is 12.7 Å². The van der Waals surface area contributed by atoms with E-state index in [1.807, 2.05) is 26.0 Å². The lowest BCUT2D eigenvalue weighted by atomic mass is 10.1. The molecule has 0 aliphatic carbocycles. The van der Waals surface area contributed by atoms with Gasteiger partial charge >= 0.3 is 0 Å². The molecule has 2 N–H and O–H groups in total. The smallest absolute Gasteiger partial charge is 0.229 e. The molecular formula is C16H21ClN4. The minimum atomic E-state index is 0.539. The van der Waals surface area contributed by atoms with E-state index in [9.17, 15) is 0 Å². The van der Waals surface area contributed by atoms with Crippen LogP contribution in [-0.2, 0) is 0 Å². The van der Waals surface area contributed by atoms with Gasteiger partial charge in [-0.3, -0.25) is 0 Å². The Morgan fingerprint density at radius 3 is 2.67 bits per heavy atom. The van der Waals surface area contributed by atoms with E-state index in [1.165, 1.54) is 0 Å². The summed E-state index contributed by atoms with van der Waals surface area (Å²) < 4.78 is 0. The molecule has 2 aromatic rings. The highest BCUT2D eigenvalue weighted by atomic mass is 35.5. The van der Waals surface area contributed by atoms with E-state index < -0.39 is 0 Å². The van der Waals surface area contributed by atoms with Crippen LogP contribution < -0.4 is 10.6 Å². The lowest BCUT2D eigenvalue weighted by Gasteiger charge is -2.13. The summed E-state index contributed by atoms with van der Waals surface area (Å²) in [5.74, 6) is 1.91. The first-order valence-corrected chi connectivity index (χ1v) is 7.44. The molecule has 0 bridgehead atoms. The molecular weight excluding hydrogens is 284 g/mol. The number of hydrogen-bond acceptors (Lipinski definition) is 4. The fraction of sp³-hybridized carbons (Fsp3) is 0.375. The molecule has 2 rings (SSSR count). The number of nitrogens with zero attached hydrogens (tertiary/aromatic N) is 2. The van der Waals surface area contributed by atoms with Crippen molar-refractivity contribution in [3.05, 3.63) is 40.5 Å². The van der Waals surface area contributed by atoms with Gasteiger partial charge in [0.1, 0.15) is 5.82 Å². The molecule has 1 heterocycles. The van der Waals surface area contributed by atoms with Crippen molar-refractivity contribution in [1.29, 1.82) is 0 Å². The first-order chi connectivity index (χ1) is 9.95. The van der Waals surface area contributed by atoms with Gasteiger partial charge in [0.25, 0.3) is 0 Å². The summed E-state index contributed by atoms with van der Waals surface area (Å²) in [6.07, 6.45) is 1.73. The maximum Gasteiger partial charge on any atom is 0.229 e.